The van der Waals surface area contributed by atoms with E-state index in [-0.39, 0.29) is 5.82 Å². The minimum atomic E-state index is -0.255. The van der Waals surface area contributed by atoms with E-state index in [1.807, 2.05) is 48.5 Å². The zero-order chi connectivity index (χ0) is 18.4. The van der Waals surface area contributed by atoms with E-state index in [2.05, 4.69) is 23.5 Å². The molecule has 0 aliphatic carbocycles. The number of anilines is 2. The van der Waals surface area contributed by atoms with Crippen LogP contribution in [-0.4, -0.2) is 0 Å². The normalized spacial score (nSPS) is 11.6. The summed E-state index contributed by atoms with van der Waals surface area (Å²) in [6.45, 7) is 0. The van der Waals surface area contributed by atoms with Crippen LogP contribution < -0.4 is 5.32 Å². The molecule has 0 unspecified atom stereocenters. The minimum Gasteiger partial charge on any atom is -0.354 e. The number of rotatable bonds is 1. The van der Waals surface area contributed by atoms with Crippen LogP contribution in [0.4, 0.5) is 15.8 Å². The molecule has 0 amide bonds. The Balaban J connectivity index is 1.90. The average molecular weight is 372 g/mol. The topological polar surface area (TPSA) is 12.0 Å². The van der Waals surface area contributed by atoms with Gasteiger partial charge in [0.05, 0.1) is 10.7 Å². The Bertz CT molecular complexity index is 1180. The van der Waals surface area contributed by atoms with Gasteiger partial charge in [-0.25, -0.2) is 4.39 Å². The first-order valence-corrected chi connectivity index (χ1v) is 9.15. The largest absolute Gasteiger partial charge is 0.354 e. The Hall–Kier alpha value is -3.10. The fourth-order valence-corrected chi connectivity index (χ4v) is 4.03. The van der Waals surface area contributed by atoms with Crippen molar-refractivity contribution in [1.82, 2.24) is 0 Å². The highest BCUT2D eigenvalue weighted by atomic mass is 35.5. The number of hydrogen-bond acceptors (Lipinski definition) is 1. The van der Waals surface area contributed by atoms with Gasteiger partial charge in [0.2, 0.25) is 0 Å². The highest BCUT2D eigenvalue weighted by molar-refractivity contribution is 6.35. The van der Waals surface area contributed by atoms with Gasteiger partial charge in [0, 0.05) is 27.9 Å². The lowest BCUT2D eigenvalue weighted by Crippen LogP contribution is -1.97. The maximum Gasteiger partial charge on any atom is 0.131 e. The van der Waals surface area contributed by atoms with E-state index in [1.54, 1.807) is 12.1 Å². The third-order valence-electron chi connectivity index (χ3n) is 4.99. The zero-order valence-electron chi connectivity index (χ0n) is 14.3. The van der Waals surface area contributed by atoms with Gasteiger partial charge >= 0.3 is 0 Å². The fourth-order valence-electron chi connectivity index (χ4n) is 3.77. The van der Waals surface area contributed by atoms with Crippen LogP contribution in [-0.2, 0) is 0 Å². The molecule has 0 saturated carbocycles. The molecule has 0 fully saturated rings. The van der Waals surface area contributed by atoms with Crippen molar-refractivity contribution in [2.75, 3.05) is 5.32 Å². The molecule has 0 bridgehead atoms. The standard InChI is InChI=1S/C24H15ClFN/c25-20-14-13-19(16-8-3-5-11-21(16)26)24-23(20)18-10-2-1-7-15(18)17-9-4-6-12-22(17)27-24/h1-14,27H. The van der Waals surface area contributed by atoms with E-state index < -0.39 is 0 Å². The van der Waals surface area contributed by atoms with E-state index in [0.717, 1.165) is 39.2 Å². The van der Waals surface area contributed by atoms with Gasteiger partial charge in [-0.2, -0.15) is 0 Å². The van der Waals surface area contributed by atoms with Crippen LogP contribution in [0.2, 0.25) is 5.02 Å². The lowest BCUT2D eigenvalue weighted by Gasteiger charge is -2.17. The molecule has 0 saturated heterocycles. The van der Waals surface area contributed by atoms with Crippen molar-refractivity contribution in [3.05, 3.63) is 95.8 Å². The quantitative estimate of drug-likeness (QED) is 0.321. The molecule has 3 heteroatoms. The van der Waals surface area contributed by atoms with E-state index in [1.165, 1.54) is 6.07 Å². The monoisotopic (exact) mass is 371 g/mol. The SMILES string of the molecule is Fc1ccccc1-c1ccc(Cl)c2c1Nc1ccccc1-c1ccccc1-2. The van der Waals surface area contributed by atoms with Crippen molar-refractivity contribution in [3.8, 4) is 33.4 Å². The van der Waals surface area contributed by atoms with Crippen LogP contribution in [0.25, 0.3) is 33.4 Å². The lowest BCUT2D eigenvalue weighted by molar-refractivity contribution is 0.631. The maximum atomic E-state index is 14.6. The molecule has 4 aromatic carbocycles. The molecule has 1 nitrogen and oxygen atoms in total. The smallest absolute Gasteiger partial charge is 0.131 e. The van der Waals surface area contributed by atoms with Gasteiger partial charge in [-0.3, -0.25) is 0 Å². The summed E-state index contributed by atoms with van der Waals surface area (Å²) in [5.74, 6) is -0.255. The van der Waals surface area contributed by atoms with Gasteiger partial charge in [-0.15, -0.1) is 0 Å². The van der Waals surface area contributed by atoms with Gasteiger partial charge in [0.15, 0.2) is 0 Å². The molecule has 1 aliphatic heterocycles. The summed E-state index contributed by atoms with van der Waals surface area (Å²) in [6, 6.07) is 26.9. The second-order valence-electron chi connectivity index (χ2n) is 6.54. The maximum absolute atomic E-state index is 14.6. The highest BCUT2D eigenvalue weighted by Crippen LogP contribution is 2.50. The van der Waals surface area contributed by atoms with Crippen molar-refractivity contribution in [3.63, 3.8) is 0 Å². The Morgan fingerprint density at radius 3 is 2.00 bits per heavy atom. The molecule has 27 heavy (non-hydrogen) atoms. The van der Waals surface area contributed by atoms with Crippen LogP contribution >= 0.6 is 11.6 Å². The number of halogens is 2. The number of nitrogens with one attached hydrogen (secondary N) is 1. The molecular weight excluding hydrogens is 357 g/mol. The molecule has 0 spiro atoms. The Morgan fingerprint density at radius 1 is 0.593 bits per heavy atom. The van der Waals surface area contributed by atoms with Gasteiger partial charge in [-0.1, -0.05) is 78.3 Å². The molecule has 130 valence electrons. The van der Waals surface area contributed by atoms with Gasteiger partial charge in [0.25, 0.3) is 0 Å². The van der Waals surface area contributed by atoms with Crippen LogP contribution in [0.1, 0.15) is 0 Å². The second kappa shape index (κ2) is 6.26. The summed E-state index contributed by atoms with van der Waals surface area (Å²) < 4.78 is 14.6. The number of para-hydroxylation sites is 1. The van der Waals surface area contributed by atoms with Crippen molar-refractivity contribution < 1.29 is 4.39 Å². The summed E-state index contributed by atoms with van der Waals surface area (Å²) in [5.41, 5.74) is 7.27. The summed E-state index contributed by atoms with van der Waals surface area (Å²) in [6.07, 6.45) is 0. The predicted molar refractivity (Wildman–Crippen MR) is 111 cm³/mol. The van der Waals surface area contributed by atoms with Crippen molar-refractivity contribution >= 4 is 23.0 Å². The van der Waals surface area contributed by atoms with Gasteiger partial charge in [-0.05, 0) is 29.3 Å². The average Bonchev–Trinajstić information content (AvgIpc) is 2.84. The van der Waals surface area contributed by atoms with Crippen LogP contribution in [0.3, 0.4) is 0 Å². The lowest BCUT2D eigenvalue weighted by atomic mass is 9.92. The molecule has 1 N–H and O–H groups in total. The van der Waals surface area contributed by atoms with E-state index in [9.17, 15) is 4.39 Å². The van der Waals surface area contributed by atoms with Gasteiger partial charge in [0.1, 0.15) is 5.82 Å². The Morgan fingerprint density at radius 2 is 1.22 bits per heavy atom. The first-order valence-electron chi connectivity index (χ1n) is 8.77. The molecule has 0 atom stereocenters. The zero-order valence-corrected chi connectivity index (χ0v) is 15.1. The Labute approximate surface area is 162 Å². The van der Waals surface area contributed by atoms with Gasteiger partial charge < -0.3 is 5.32 Å². The fraction of sp³-hybridized carbons (Fsp3) is 0. The van der Waals surface area contributed by atoms with Crippen LogP contribution in [0.15, 0.2) is 84.9 Å². The molecular formula is C24H15ClFN. The van der Waals surface area contributed by atoms with Crippen molar-refractivity contribution in [2.45, 2.75) is 0 Å². The predicted octanol–water partition coefficient (Wildman–Crippen LogP) is 7.54. The summed E-state index contributed by atoms with van der Waals surface area (Å²) in [7, 11) is 0. The van der Waals surface area contributed by atoms with Crippen LogP contribution in [0.5, 0.6) is 0 Å². The molecule has 4 aromatic rings. The second-order valence-corrected chi connectivity index (χ2v) is 6.95. The molecule has 5 rings (SSSR count). The Kier molecular flexibility index (Phi) is 3.73. The molecule has 1 aliphatic rings. The number of benzene rings is 4. The van der Waals surface area contributed by atoms with Crippen LogP contribution in [0, 0.1) is 5.82 Å². The summed E-state index contributed by atoms with van der Waals surface area (Å²) in [5, 5.41) is 4.17. The molecule has 1 heterocycles. The van der Waals surface area contributed by atoms with Crippen molar-refractivity contribution in [1.29, 1.82) is 0 Å². The van der Waals surface area contributed by atoms with E-state index >= 15 is 0 Å². The van der Waals surface area contributed by atoms with Crippen molar-refractivity contribution in [2.24, 2.45) is 0 Å². The minimum absolute atomic E-state index is 0.255. The summed E-state index contributed by atoms with van der Waals surface area (Å²) in [4.78, 5) is 0. The number of fused-ring (bicyclic) bond motifs is 5. The first-order chi connectivity index (χ1) is 13.2. The number of hydrogen-bond donors (Lipinski definition) is 1. The molecule has 0 radical (unpaired) electrons. The van der Waals surface area contributed by atoms with E-state index in [4.69, 9.17) is 11.6 Å². The molecule has 0 aromatic heterocycles. The summed E-state index contributed by atoms with van der Waals surface area (Å²) >= 11 is 6.65. The third-order valence-corrected chi connectivity index (χ3v) is 5.31. The van der Waals surface area contributed by atoms with E-state index in [0.29, 0.717) is 10.6 Å². The highest BCUT2D eigenvalue weighted by Gasteiger charge is 2.24. The first kappa shape index (κ1) is 16.1. The third kappa shape index (κ3) is 2.53.